The second kappa shape index (κ2) is 50.7. The molecule has 0 radical (unpaired) electrons. The molecule has 772 valence electrons. The highest BCUT2D eigenvalue weighted by Crippen LogP contribution is 2.43. The fraction of sp³-hybridized carbons (Fsp3) is 0.420. The first-order chi connectivity index (χ1) is 67.4. The number of fused-ring (bicyclic) bond motifs is 12. The number of aliphatic hydroxyl groups is 6. The Labute approximate surface area is 831 Å². The standard InChI is InChI=1S/C18H24N4O3.C18H24N3O4.C18H23N3O3.C14H17N3O4.C14H19N3O2.C10H7ClN2O3.C4H11NO.C4H8O3/c1-5-25-9-13-21-15-16(22(13)10-18(2,3)23)14-11(20-17(15)19)7-6-8-12(14)24-4;1-5-25-10-15-19-12-9-21(23)13-7-6-8-14(24-4)16(13)17(12)20(15)11-18(2,3)22;1-5-24-10-15-20-13-9-19-12-7-6-8-14(23-4)16(12)17(13)21(15)11-18(2,3)22;1-14(2,18)8-16-13-10(17(19)20)7-15-9-5-4-6-11(21-3)12(9)13;1-14(2,18)8-17-13-9(15)7-16-10-5-4-6-11(19-3)12(10)13;1-16-8-4-2-3-6-9(8)10(11)7(5-12-6)13(14)15;1-4(2,6)3-5;1-2-7-3-4(5)6/h6-8,23H,5,9-10H2,1-4H3,(H2,19,20);6-9,22-23H,5,10-11H2,1-4H3;6-9,22H,5,10-11H2,1-4H3;4-7,18H,8H2,1-3H3,(H,15,16);4-7,18H,8,15H2,1-3H3,(H,16,17);2-5H,1H3;6H,3,5H2,1-2H3;2-3H2,1H3,(H,5,6)/q;+1;;;;;;. The monoisotopic (exact) mass is 2000 g/mol. The third-order valence-electron chi connectivity index (χ3n) is 20.7. The van der Waals surface area contributed by atoms with Gasteiger partial charge in [-0.2, -0.15) is 0 Å². The number of rotatable bonds is 33. The fourth-order valence-electron chi connectivity index (χ4n) is 14.5. The Morgan fingerprint density at radius 1 is 0.427 bits per heavy atom. The van der Waals surface area contributed by atoms with Crippen molar-refractivity contribution < 1.29 is 108 Å². The molecule has 16 N–H and O–H groups in total. The quantitative estimate of drug-likeness (QED) is 0.00786. The van der Waals surface area contributed by atoms with E-state index in [0.29, 0.717) is 175 Å². The van der Waals surface area contributed by atoms with Gasteiger partial charge in [-0.05, 0) is 178 Å². The van der Waals surface area contributed by atoms with Crippen molar-refractivity contribution in [3.8, 4) is 34.5 Å². The van der Waals surface area contributed by atoms with Gasteiger partial charge < -0.3 is 125 Å². The number of aliphatic carboxylic acids is 1. The van der Waals surface area contributed by atoms with Crippen molar-refractivity contribution in [2.75, 3.05) is 117 Å². The lowest BCUT2D eigenvalue weighted by Gasteiger charge is -2.21. The lowest BCUT2D eigenvalue weighted by molar-refractivity contribution is -0.883. The lowest BCUT2D eigenvalue weighted by atomic mass is 10.1. The van der Waals surface area contributed by atoms with E-state index in [0.717, 1.165) is 88.4 Å². The third kappa shape index (κ3) is 31.1. The second-order valence-electron chi connectivity index (χ2n) is 36.2. The van der Waals surface area contributed by atoms with Gasteiger partial charge in [-0.1, -0.05) is 48.0 Å². The van der Waals surface area contributed by atoms with E-state index in [2.05, 4.69) is 55.2 Å². The van der Waals surface area contributed by atoms with Gasteiger partial charge >= 0.3 is 17.3 Å². The summed E-state index contributed by atoms with van der Waals surface area (Å²) in [5.74, 6) is 5.32. The number of nitrogens with zero attached hydrogens (tertiary/aromatic N) is 14. The van der Waals surface area contributed by atoms with Crippen LogP contribution in [0, 0.1) is 20.2 Å². The number of hydrogen-bond donors (Lipinski definition) is 13. The van der Waals surface area contributed by atoms with Crippen molar-refractivity contribution in [2.45, 2.75) is 184 Å². The number of nitrogens with one attached hydrogen (secondary N) is 2. The normalized spacial score (nSPS) is 11.6. The Morgan fingerprint density at radius 3 is 1.17 bits per heavy atom. The summed E-state index contributed by atoms with van der Waals surface area (Å²) >= 11 is 5.96. The van der Waals surface area contributed by atoms with Crippen molar-refractivity contribution in [1.29, 1.82) is 0 Å². The molecule has 0 aliphatic rings. The summed E-state index contributed by atoms with van der Waals surface area (Å²) in [5, 5.41) is 110. The molecule has 9 heterocycles. The summed E-state index contributed by atoms with van der Waals surface area (Å²) in [4.78, 5) is 65.7. The molecule has 0 saturated heterocycles. The molecular formula is C100H133ClN19O23+. The Balaban J connectivity index is 0.000000205. The van der Waals surface area contributed by atoms with Crippen LogP contribution in [0.1, 0.15) is 128 Å². The van der Waals surface area contributed by atoms with Crippen LogP contribution in [0.5, 0.6) is 34.5 Å². The number of hydrogen-bond acceptors (Lipinski definition) is 35. The average molecular weight is 2000 g/mol. The van der Waals surface area contributed by atoms with Gasteiger partial charge in [0.05, 0.1) is 201 Å². The van der Waals surface area contributed by atoms with Crippen LogP contribution in [0.4, 0.5) is 34.3 Å². The van der Waals surface area contributed by atoms with E-state index in [4.69, 9.17) is 81.6 Å². The van der Waals surface area contributed by atoms with Crippen LogP contribution in [0.3, 0.4) is 0 Å². The molecule has 15 aromatic rings. The van der Waals surface area contributed by atoms with Gasteiger partial charge in [0.15, 0.2) is 11.3 Å². The van der Waals surface area contributed by atoms with Crippen LogP contribution in [0.2, 0.25) is 5.02 Å². The number of anilines is 4. The van der Waals surface area contributed by atoms with E-state index in [-0.39, 0.29) is 29.5 Å². The lowest BCUT2D eigenvalue weighted by Crippen LogP contribution is -2.31. The van der Waals surface area contributed by atoms with Crippen molar-refractivity contribution in [2.24, 2.45) is 5.73 Å². The molecule has 143 heavy (non-hydrogen) atoms. The van der Waals surface area contributed by atoms with Gasteiger partial charge in [-0.3, -0.25) is 35.4 Å². The predicted octanol–water partition coefficient (Wildman–Crippen LogP) is 14.4. The molecule has 0 aliphatic heterocycles. The van der Waals surface area contributed by atoms with Crippen LogP contribution >= 0.6 is 11.6 Å². The molecule has 42 nitrogen and oxygen atoms in total. The first kappa shape index (κ1) is 114. The summed E-state index contributed by atoms with van der Waals surface area (Å²) in [5.41, 5.74) is 21.7. The number of benzene rings is 6. The second-order valence-corrected chi connectivity index (χ2v) is 36.5. The van der Waals surface area contributed by atoms with Crippen LogP contribution in [0.15, 0.2) is 140 Å². The van der Waals surface area contributed by atoms with E-state index in [1.165, 1.54) is 20.4 Å². The molecule has 15 rings (SSSR count). The number of carboxylic acids is 1. The first-order valence-corrected chi connectivity index (χ1v) is 45.9. The zero-order chi connectivity index (χ0) is 106. The smallest absolute Gasteiger partial charge is 0.329 e. The molecular weight excluding hydrogens is 1870 g/mol. The Hall–Kier alpha value is -13.9. The van der Waals surface area contributed by atoms with Crippen LogP contribution in [0.25, 0.3) is 98.5 Å². The van der Waals surface area contributed by atoms with E-state index in [9.17, 15) is 55.8 Å². The number of nitrogen functional groups attached to an aromatic ring is 2. The molecule has 0 bridgehead atoms. The molecule has 0 atom stereocenters. The third-order valence-corrected chi connectivity index (χ3v) is 21.1. The van der Waals surface area contributed by atoms with Gasteiger partial charge in [0.1, 0.15) is 118 Å². The van der Waals surface area contributed by atoms with E-state index >= 15 is 0 Å². The molecule has 0 unspecified atom stereocenters. The molecule has 0 fully saturated rings. The molecule has 43 heteroatoms. The molecule has 0 spiro atoms. The number of aromatic nitrogens is 12. The number of carbonyl (C=O) groups is 1. The number of nitro groups is 2. The highest BCUT2D eigenvalue weighted by molar-refractivity contribution is 6.38. The Morgan fingerprint density at radius 2 is 0.769 bits per heavy atom. The van der Waals surface area contributed by atoms with Crippen molar-refractivity contribution >= 4 is 150 Å². The van der Waals surface area contributed by atoms with Crippen LogP contribution < -0.4 is 61.0 Å². The van der Waals surface area contributed by atoms with Gasteiger partial charge in [0.25, 0.3) is 11.7 Å². The van der Waals surface area contributed by atoms with Crippen molar-refractivity contribution in [3.63, 3.8) is 0 Å². The summed E-state index contributed by atoms with van der Waals surface area (Å²) in [6, 6.07) is 32.9. The van der Waals surface area contributed by atoms with Gasteiger partial charge in [0.2, 0.25) is 0 Å². The maximum atomic E-state index is 11.2. The van der Waals surface area contributed by atoms with Gasteiger partial charge in [-0.25, -0.2) is 34.7 Å². The average Bonchev–Trinajstić information content (AvgIpc) is 1.64. The van der Waals surface area contributed by atoms with Crippen molar-refractivity contribution in [1.82, 2.24) is 53.6 Å². The summed E-state index contributed by atoms with van der Waals surface area (Å²) in [7, 11) is 9.43. The largest absolute Gasteiger partial charge is 0.496 e. The van der Waals surface area contributed by atoms with E-state index < -0.39 is 49.4 Å². The Kier molecular flexibility index (Phi) is 40.5. The highest BCUT2D eigenvalue weighted by atomic mass is 35.5. The zero-order valence-electron chi connectivity index (χ0n) is 84.8. The summed E-state index contributed by atoms with van der Waals surface area (Å²) < 4.78 is 60.4. The number of carboxylic acid groups (broad SMARTS) is 1. The van der Waals surface area contributed by atoms with Gasteiger partial charge in [-0.15, -0.1) is 0 Å². The first-order valence-electron chi connectivity index (χ1n) is 45.5. The topological polar surface area (TPSA) is 581 Å². The number of ether oxygens (including phenoxy) is 10. The van der Waals surface area contributed by atoms with Crippen LogP contribution in [-0.4, -0.2) is 239 Å². The Bertz CT molecular complexity index is 6860. The molecule has 9 aromatic heterocycles. The highest BCUT2D eigenvalue weighted by Gasteiger charge is 2.31. The molecule has 0 saturated carbocycles. The van der Waals surface area contributed by atoms with E-state index in [1.807, 2.05) is 101 Å². The summed E-state index contributed by atoms with van der Waals surface area (Å²) in [6.07, 6.45) is 7.27. The predicted molar refractivity (Wildman–Crippen MR) is 550 cm³/mol. The number of pyridine rings is 6. The molecule has 6 aromatic carbocycles. The number of methoxy groups -OCH3 is 6. The van der Waals surface area contributed by atoms with Gasteiger partial charge in [0, 0.05) is 56.9 Å². The minimum Gasteiger partial charge on any atom is -0.496 e. The molecule has 0 amide bonds. The summed E-state index contributed by atoms with van der Waals surface area (Å²) in [6.45, 7) is 33.2. The minimum atomic E-state index is -1.01. The number of halogens is 1. The number of imidazole rings is 3. The number of nitrogens with two attached hydrogens (primary N) is 3. The van der Waals surface area contributed by atoms with Crippen molar-refractivity contribution in [3.05, 3.63) is 183 Å². The van der Waals surface area contributed by atoms with Crippen LogP contribution in [-0.2, 0) is 63.2 Å². The van der Waals surface area contributed by atoms with E-state index in [1.54, 1.807) is 180 Å². The minimum absolute atomic E-state index is 0.0486. The fourth-order valence-corrected chi connectivity index (χ4v) is 14.8. The zero-order valence-corrected chi connectivity index (χ0v) is 85.5. The molecule has 0 aliphatic carbocycles. The maximum Gasteiger partial charge on any atom is 0.329 e. The SMILES string of the molecule is CC(C)(O)CN.CCOCC(=O)O.CCOCc1nc2c(N)nc3cccc(OC)c3c2n1CC(C)(C)O.CCOCc1nc2c[n+](O)c3cccc(OC)c3c2n1CC(C)(C)O.CCOCc1nc2cnc3cccc(OC)c3c2n1CC(C)(C)O.COc1cccc2ncc(N)c(NCC(C)(C)O)c12.COc1cccc2ncc([N+](=O)[O-])c(Cl)c12.COc1cccc2ncc([N+](=O)[O-])c(NCC(C)(C)O)c12. The maximum absolute atomic E-state index is 11.2.